The van der Waals surface area contributed by atoms with Crippen molar-refractivity contribution in [3.05, 3.63) is 95.8 Å². The molecule has 6 aromatic rings. The number of pyridine rings is 2. The summed E-state index contributed by atoms with van der Waals surface area (Å²) in [6.45, 7) is 8.15. The van der Waals surface area contributed by atoms with Crippen molar-refractivity contribution >= 4 is 33.6 Å². The van der Waals surface area contributed by atoms with Crippen molar-refractivity contribution in [3.63, 3.8) is 0 Å². The largest absolute Gasteiger partial charge is 0.348 e. The summed E-state index contributed by atoms with van der Waals surface area (Å²) in [6.07, 6.45) is 20.3. The van der Waals surface area contributed by atoms with Crippen LogP contribution in [0.1, 0.15) is 103 Å². The molecular weight excluding hydrogens is 787 g/mol. The zero-order valence-electron chi connectivity index (χ0n) is 36.6. The van der Waals surface area contributed by atoms with Crippen molar-refractivity contribution in [1.29, 1.82) is 0 Å². The average Bonchev–Trinajstić information content (AvgIpc) is 3.95. The van der Waals surface area contributed by atoms with Gasteiger partial charge in [-0.3, -0.25) is 39.6 Å². The van der Waals surface area contributed by atoms with Crippen LogP contribution in [-0.4, -0.2) is 115 Å². The van der Waals surface area contributed by atoms with Gasteiger partial charge in [-0.1, -0.05) is 25.0 Å². The number of rotatable bonds is 11. The van der Waals surface area contributed by atoms with Crippen molar-refractivity contribution in [2.24, 2.45) is 11.8 Å². The van der Waals surface area contributed by atoms with Gasteiger partial charge < -0.3 is 15.5 Å². The van der Waals surface area contributed by atoms with Crippen molar-refractivity contribution in [3.8, 4) is 22.3 Å². The summed E-state index contributed by atoms with van der Waals surface area (Å²) in [5, 5.41) is 23.4. The number of piperidine rings is 3. The highest BCUT2D eigenvalue weighted by atomic mass is 16.2. The highest BCUT2D eigenvalue weighted by Crippen LogP contribution is 2.36. The molecule has 4 fully saturated rings. The summed E-state index contributed by atoms with van der Waals surface area (Å²) < 4.78 is 0. The molecule has 10 rings (SSSR count). The van der Waals surface area contributed by atoms with Gasteiger partial charge in [0.15, 0.2) is 11.4 Å². The molecule has 0 spiro atoms. The molecule has 3 aliphatic heterocycles. The molecule has 13 nitrogen and oxygen atoms in total. The standard InChI is InChI=1S/C50H61N11O2/c1-59-19-14-41(15-20-59)53-49(62)47-43-24-37(11-12-45(43)55-57-47)40-22-34(27-52-29-40)31-61-18-6-8-38(32-61)35-7-5-9-42(23-35)54-50(63)48-44-25-36(10-13-46(44)56-58-48)39-21-33(26-51-28-39)30-60-16-3-2-4-17-60/h10-13,21-22,24-29,35,38,41-42H,2-9,14-20,23,30-32H2,1H3,(H,53,62)(H,54,63)(H,55,57)(H,56,58). The fraction of sp³-hybridized carbons (Fsp3) is 0.480. The van der Waals surface area contributed by atoms with Crippen molar-refractivity contribution < 1.29 is 9.59 Å². The maximum absolute atomic E-state index is 13.9. The minimum absolute atomic E-state index is 0.0993. The number of fused-ring (bicyclic) bond motifs is 2. The minimum Gasteiger partial charge on any atom is -0.348 e. The lowest BCUT2D eigenvalue weighted by atomic mass is 9.74. The SMILES string of the molecule is CN1CCC(NC(=O)c2n[nH]c3ccc(-c4cncc(CN5CCCC(C6CCCC(NC(=O)c7n[nH]c8ccc(-c9cncc(CN%10CCCCC%10)c9)cc78)C6)C5)c4)cc23)CC1. The van der Waals surface area contributed by atoms with E-state index in [0.29, 0.717) is 23.2 Å². The number of carbonyl (C=O) groups is 2. The van der Waals surface area contributed by atoms with Crippen molar-refractivity contribution in [2.75, 3.05) is 46.3 Å². The Balaban J connectivity index is 0.760. The first kappa shape index (κ1) is 41.5. The molecule has 63 heavy (non-hydrogen) atoms. The number of hydrogen-bond donors (Lipinski definition) is 4. The zero-order valence-corrected chi connectivity index (χ0v) is 36.6. The molecule has 3 unspecified atom stereocenters. The van der Waals surface area contributed by atoms with Crippen LogP contribution < -0.4 is 10.6 Å². The molecule has 4 aromatic heterocycles. The summed E-state index contributed by atoms with van der Waals surface area (Å²) in [5.74, 6) is 0.934. The van der Waals surface area contributed by atoms with Crippen LogP contribution >= 0.6 is 0 Å². The first-order valence-electron chi connectivity index (χ1n) is 23.5. The Hall–Kier alpha value is -5.50. The fourth-order valence-electron chi connectivity index (χ4n) is 10.9. The first-order chi connectivity index (χ1) is 30.9. The molecule has 0 bridgehead atoms. The van der Waals surface area contributed by atoms with Gasteiger partial charge in [-0.05, 0) is 168 Å². The topological polar surface area (TPSA) is 151 Å². The molecule has 2 amide bonds. The lowest BCUT2D eigenvalue weighted by Gasteiger charge is -2.40. The Morgan fingerprint density at radius 1 is 0.587 bits per heavy atom. The van der Waals surface area contributed by atoms with Gasteiger partial charge >= 0.3 is 0 Å². The maximum atomic E-state index is 13.9. The molecule has 7 heterocycles. The van der Waals surface area contributed by atoms with E-state index >= 15 is 0 Å². The van der Waals surface area contributed by atoms with Crippen LogP contribution in [0, 0.1) is 11.8 Å². The van der Waals surface area contributed by atoms with Crippen LogP contribution in [0.15, 0.2) is 73.3 Å². The van der Waals surface area contributed by atoms with E-state index in [2.05, 4.69) is 99.1 Å². The predicted octanol–water partition coefficient (Wildman–Crippen LogP) is 7.57. The molecule has 1 aliphatic carbocycles. The quantitative estimate of drug-likeness (QED) is 0.104. The third-order valence-corrected chi connectivity index (χ3v) is 14.4. The second-order valence-corrected chi connectivity index (χ2v) is 19.0. The van der Waals surface area contributed by atoms with E-state index < -0.39 is 0 Å². The molecule has 13 heteroatoms. The van der Waals surface area contributed by atoms with Crippen LogP contribution in [0.2, 0.25) is 0 Å². The van der Waals surface area contributed by atoms with Gasteiger partial charge in [0.1, 0.15) is 0 Å². The molecule has 328 valence electrons. The summed E-state index contributed by atoms with van der Waals surface area (Å²) in [4.78, 5) is 43.9. The van der Waals surface area contributed by atoms with Gasteiger partial charge in [-0.15, -0.1) is 0 Å². The number of likely N-dealkylation sites (tertiary alicyclic amines) is 3. The second kappa shape index (κ2) is 18.7. The van der Waals surface area contributed by atoms with Gasteiger partial charge in [0.2, 0.25) is 0 Å². The van der Waals surface area contributed by atoms with E-state index in [-0.39, 0.29) is 23.9 Å². The minimum atomic E-state index is -0.121. The number of aromatic amines is 2. The molecule has 3 atom stereocenters. The number of amides is 2. The fourth-order valence-corrected chi connectivity index (χ4v) is 10.9. The van der Waals surface area contributed by atoms with Crippen molar-refractivity contribution in [2.45, 2.75) is 95.8 Å². The molecule has 0 radical (unpaired) electrons. The van der Waals surface area contributed by atoms with E-state index in [1.807, 2.05) is 36.9 Å². The number of aromatic nitrogens is 6. The molecule has 4 aliphatic rings. The van der Waals surface area contributed by atoms with E-state index in [1.165, 1.54) is 49.7 Å². The third-order valence-electron chi connectivity index (χ3n) is 14.4. The highest BCUT2D eigenvalue weighted by molar-refractivity contribution is 6.06. The van der Waals surface area contributed by atoms with Crippen LogP contribution in [0.4, 0.5) is 0 Å². The number of nitrogens with one attached hydrogen (secondary N) is 4. The Kier molecular flexibility index (Phi) is 12.3. The second-order valence-electron chi connectivity index (χ2n) is 19.0. The summed E-state index contributed by atoms with van der Waals surface area (Å²) >= 11 is 0. The smallest absolute Gasteiger partial charge is 0.272 e. The number of H-pyrrole nitrogens is 2. The lowest BCUT2D eigenvalue weighted by molar-refractivity contribution is 0.0844. The zero-order chi connectivity index (χ0) is 42.7. The van der Waals surface area contributed by atoms with Gasteiger partial charge in [0, 0.05) is 78.4 Å². The predicted molar refractivity (Wildman–Crippen MR) is 247 cm³/mol. The van der Waals surface area contributed by atoms with Crippen molar-refractivity contribution in [1.82, 2.24) is 55.7 Å². The van der Waals surface area contributed by atoms with E-state index in [0.717, 1.165) is 129 Å². The van der Waals surface area contributed by atoms with Crippen LogP contribution in [0.5, 0.6) is 0 Å². The van der Waals surface area contributed by atoms with Gasteiger partial charge in [-0.25, -0.2) is 0 Å². The Morgan fingerprint density at radius 2 is 1.16 bits per heavy atom. The van der Waals surface area contributed by atoms with Crippen LogP contribution in [0.25, 0.3) is 44.1 Å². The Morgan fingerprint density at radius 3 is 1.79 bits per heavy atom. The normalized spacial score (nSPS) is 22.1. The average molecular weight is 848 g/mol. The monoisotopic (exact) mass is 848 g/mol. The maximum Gasteiger partial charge on any atom is 0.272 e. The molecule has 4 N–H and O–H groups in total. The van der Waals surface area contributed by atoms with Crippen LogP contribution in [0.3, 0.4) is 0 Å². The van der Waals surface area contributed by atoms with E-state index in [1.54, 1.807) is 0 Å². The molecule has 2 aromatic carbocycles. The third kappa shape index (κ3) is 9.56. The lowest BCUT2D eigenvalue weighted by Crippen LogP contribution is -2.43. The highest BCUT2D eigenvalue weighted by Gasteiger charge is 2.33. The Bertz CT molecular complexity index is 2550. The number of benzene rings is 2. The van der Waals surface area contributed by atoms with Gasteiger partial charge in [0.25, 0.3) is 11.8 Å². The van der Waals surface area contributed by atoms with Gasteiger partial charge in [-0.2, -0.15) is 10.2 Å². The molecule has 3 saturated heterocycles. The first-order valence-corrected chi connectivity index (χ1v) is 23.5. The Labute approximate surface area is 369 Å². The molecule has 1 saturated carbocycles. The van der Waals surface area contributed by atoms with E-state index in [9.17, 15) is 9.59 Å². The summed E-state index contributed by atoms with van der Waals surface area (Å²) in [7, 11) is 2.12. The summed E-state index contributed by atoms with van der Waals surface area (Å²) in [5.41, 5.74) is 9.19. The van der Waals surface area contributed by atoms with Gasteiger partial charge in [0.05, 0.1) is 11.0 Å². The molecular formula is C50H61N11O2. The number of hydrogen-bond acceptors (Lipinski definition) is 9. The van der Waals surface area contributed by atoms with Crippen LogP contribution in [-0.2, 0) is 13.1 Å². The number of carbonyl (C=O) groups excluding carboxylic acids is 2. The summed E-state index contributed by atoms with van der Waals surface area (Å²) in [6, 6.07) is 17.1. The number of nitrogens with zero attached hydrogens (tertiary/aromatic N) is 7. The van der Waals surface area contributed by atoms with E-state index in [4.69, 9.17) is 0 Å².